The maximum Gasteiger partial charge on any atom is 0.177 e. The van der Waals surface area contributed by atoms with Crippen LogP contribution >= 0.6 is 0 Å². The fourth-order valence-electron chi connectivity index (χ4n) is 1.99. The van der Waals surface area contributed by atoms with Crippen LogP contribution in [0.4, 0.5) is 0 Å². The van der Waals surface area contributed by atoms with Crippen LogP contribution in [0.25, 0.3) is 0 Å². The minimum absolute atomic E-state index is 0.0436. The second-order valence-corrected chi connectivity index (χ2v) is 5.58. The van der Waals surface area contributed by atoms with E-state index in [2.05, 4.69) is 16.0 Å². The van der Waals surface area contributed by atoms with Crippen molar-refractivity contribution < 1.29 is 9.59 Å². The van der Waals surface area contributed by atoms with Crippen LogP contribution in [0.1, 0.15) is 34.1 Å². The van der Waals surface area contributed by atoms with Crippen molar-refractivity contribution in [2.45, 2.75) is 45.8 Å². The Bertz CT molecular complexity index is 312. The molecule has 19 heavy (non-hydrogen) atoms. The lowest BCUT2D eigenvalue weighted by Gasteiger charge is -2.32. The van der Waals surface area contributed by atoms with Crippen LogP contribution in [-0.4, -0.2) is 44.4 Å². The summed E-state index contributed by atoms with van der Waals surface area (Å²) in [4.78, 5) is 25.0. The van der Waals surface area contributed by atoms with Gasteiger partial charge in [0.1, 0.15) is 5.66 Å². The molecule has 0 saturated heterocycles. The number of hydrogen-bond donors (Lipinski definition) is 3. The van der Waals surface area contributed by atoms with Gasteiger partial charge in [0.15, 0.2) is 11.6 Å². The fourth-order valence-corrected chi connectivity index (χ4v) is 1.99. The molecule has 0 saturated carbocycles. The monoisotopic (exact) mass is 271 g/mol. The second-order valence-electron chi connectivity index (χ2n) is 5.58. The van der Waals surface area contributed by atoms with Crippen molar-refractivity contribution in [3.05, 3.63) is 0 Å². The standard InChI is InChI=1S/C14H29N3O2/c1-9(2)8-11(12(18)10(3)15-5)13(19)14(4,16-6)17-7/h9-11,15-17H,8H2,1-7H3. The molecule has 0 aliphatic carbocycles. The van der Waals surface area contributed by atoms with Gasteiger partial charge in [-0.3, -0.25) is 20.2 Å². The first-order valence-corrected chi connectivity index (χ1v) is 6.86. The molecule has 0 fully saturated rings. The summed E-state index contributed by atoms with van der Waals surface area (Å²) in [6, 6.07) is -0.314. The molecule has 0 radical (unpaired) electrons. The van der Waals surface area contributed by atoms with Crippen molar-refractivity contribution in [3.63, 3.8) is 0 Å². The lowest BCUT2D eigenvalue weighted by molar-refractivity contribution is -0.138. The number of ketones is 2. The van der Waals surface area contributed by atoms with Crippen LogP contribution in [0, 0.1) is 11.8 Å². The molecule has 112 valence electrons. The molecule has 3 N–H and O–H groups in total. The van der Waals surface area contributed by atoms with Gasteiger partial charge in [-0.1, -0.05) is 13.8 Å². The van der Waals surface area contributed by atoms with Crippen molar-refractivity contribution in [2.24, 2.45) is 11.8 Å². The predicted octanol–water partition coefficient (Wildman–Crippen LogP) is 0.550. The first-order chi connectivity index (χ1) is 8.73. The molecule has 0 heterocycles. The smallest absolute Gasteiger partial charge is 0.177 e. The second kappa shape index (κ2) is 7.72. The van der Waals surface area contributed by atoms with Crippen LogP contribution in [0.2, 0.25) is 0 Å². The van der Waals surface area contributed by atoms with E-state index in [1.165, 1.54) is 0 Å². The van der Waals surface area contributed by atoms with Crippen molar-refractivity contribution in [2.75, 3.05) is 21.1 Å². The Balaban J connectivity index is 5.25. The molecule has 0 amide bonds. The fraction of sp³-hybridized carbons (Fsp3) is 0.857. The Hall–Kier alpha value is -0.780. The first kappa shape index (κ1) is 18.2. The Labute approximate surface area is 116 Å². The lowest BCUT2D eigenvalue weighted by atomic mass is 9.82. The van der Waals surface area contributed by atoms with Gasteiger partial charge in [-0.25, -0.2) is 0 Å². The van der Waals surface area contributed by atoms with E-state index in [4.69, 9.17) is 0 Å². The van der Waals surface area contributed by atoms with Gasteiger partial charge in [0.2, 0.25) is 0 Å². The summed E-state index contributed by atoms with van der Waals surface area (Å²) < 4.78 is 0. The molecule has 0 aromatic rings. The summed E-state index contributed by atoms with van der Waals surface area (Å²) in [5.74, 6) is -0.441. The van der Waals surface area contributed by atoms with E-state index < -0.39 is 11.6 Å². The van der Waals surface area contributed by atoms with E-state index in [-0.39, 0.29) is 17.6 Å². The first-order valence-electron chi connectivity index (χ1n) is 6.86. The summed E-state index contributed by atoms with van der Waals surface area (Å²) in [5, 5.41) is 8.84. The molecule has 0 aliphatic heterocycles. The summed E-state index contributed by atoms with van der Waals surface area (Å²) in [7, 11) is 5.16. The van der Waals surface area contributed by atoms with Gasteiger partial charge < -0.3 is 5.32 Å². The number of rotatable bonds is 9. The van der Waals surface area contributed by atoms with Crippen molar-refractivity contribution in [3.8, 4) is 0 Å². The molecule has 0 aliphatic rings. The molecule has 0 rings (SSSR count). The molecule has 2 unspecified atom stereocenters. The number of hydrogen-bond acceptors (Lipinski definition) is 5. The quantitative estimate of drug-likeness (QED) is 0.422. The minimum Gasteiger partial charge on any atom is -0.311 e. The van der Waals surface area contributed by atoms with Gasteiger partial charge in [0.25, 0.3) is 0 Å². The molecule has 0 aromatic heterocycles. The van der Waals surface area contributed by atoms with Crippen LogP contribution in [0.3, 0.4) is 0 Å². The van der Waals surface area contributed by atoms with Gasteiger partial charge in [-0.15, -0.1) is 0 Å². The van der Waals surface area contributed by atoms with Gasteiger partial charge in [-0.2, -0.15) is 0 Å². The molecule has 2 atom stereocenters. The van der Waals surface area contributed by atoms with Crippen molar-refractivity contribution in [1.29, 1.82) is 0 Å². The maximum absolute atomic E-state index is 12.7. The van der Waals surface area contributed by atoms with Crippen LogP contribution < -0.4 is 16.0 Å². The third-order valence-electron chi connectivity index (χ3n) is 3.72. The summed E-state index contributed by atoms with van der Waals surface area (Å²) in [6.07, 6.45) is 0.572. The SMILES string of the molecule is CNC(C)C(=O)C(CC(C)C)C(=O)C(C)(NC)NC. The van der Waals surface area contributed by atoms with Gasteiger partial charge in [-0.05, 0) is 47.3 Å². The third-order valence-corrected chi connectivity index (χ3v) is 3.72. The molecule has 0 spiro atoms. The predicted molar refractivity (Wildman–Crippen MR) is 78.0 cm³/mol. The van der Waals surface area contributed by atoms with E-state index in [1.54, 1.807) is 35.0 Å². The topological polar surface area (TPSA) is 70.2 Å². The Kier molecular flexibility index (Phi) is 7.41. The van der Waals surface area contributed by atoms with E-state index in [1.807, 2.05) is 13.8 Å². The third kappa shape index (κ3) is 4.67. The zero-order chi connectivity index (χ0) is 15.2. The van der Waals surface area contributed by atoms with Gasteiger partial charge in [0.05, 0.1) is 12.0 Å². The van der Waals surface area contributed by atoms with E-state index >= 15 is 0 Å². The number of carbonyl (C=O) groups excluding carboxylic acids is 2. The largest absolute Gasteiger partial charge is 0.311 e. The zero-order valence-electron chi connectivity index (χ0n) is 13.3. The average molecular weight is 271 g/mol. The number of carbonyl (C=O) groups is 2. The van der Waals surface area contributed by atoms with Crippen LogP contribution in [-0.2, 0) is 9.59 Å². The highest BCUT2D eigenvalue weighted by molar-refractivity contribution is 6.07. The minimum atomic E-state index is -0.872. The maximum atomic E-state index is 12.7. The molecule has 0 bridgehead atoms. The molecular weight excluding hydrogens is 242 g/mol. The van der Waals surface area contributed by atoms with Crippen molar-refractivity contribution in [1.82, 2.24) is 16.0 Å². The molecule has 0 aromatic carbocycles. The molecule has 5 heteroatoms. The summed E-state index contributed by atoms with van der Waals surface area (Å²) in [6.45, 7) is 7.60. The highest BCUT2D eigenvalue weighted by atomic mass is 16.2. The zero-order valence-corrected chi connectivity index (χ0v) is 13.3. The van der Waals surface area contributed by atoms with Crippen LogP contribution in [0.5, 0.6) is 0 Å². The molecule has 5 nitrogen and oxygen atoms in total. The Morgan fingerprint density at radius 2 is 1.53 bits per heavy atom. The lowest BCUT2D eigenvalue weighted by Crippen LogP contribution is -2.61. The highest BCUT2D eigenvalue weighted by Gasteiger charge is 2.40. The van der Waals surface area contributed by atoms with Crippen molar-refractivity contribution >= 4 is 11.6 Å². The Morgan fingerprint density at radius 3 is 1.84 bits per heavy atom. The summed E-state index contributed by atoms with van der Waals surface area (Å²) >= 11 is 0. The Morgan fingerprint density at radius 1 is 1.05 bits per heavy atom. The number of nitrogens with one attached hydrogen (secondary N) is 3. The highest BCUT2D eigenvalue weighted by Crippen LogP contribution is 2.20. The van der Waals surface area contributed by atoms with E-state index in [0.29, 0.717) is 12.3 Å². The molecular formula is C14H29N3O2. The number of Topliss-reactive ketones (excluding diaryl/α,β-unsaturated/α-hetero) is 2. The van der Waals surface area contributed by atoms with E-state index in [9.17, 15) is 9.59 Å². The van der Waals surface area contributed by atoms with Crippen LogP contribution in [0.15, 0.2) is 0 Å². The van der Waals surface area contributed by atoms with Gasteiger partial charge in [0, 0.05) is 0 Å². The average Bonchev–Trinajstić information content (AvgIpc) is 2.41. The van der Waals surface area contributed by atoms with Gasteiger partial charge >= 0.3 is 0 Å². The normalized spacial score (nSPS) is 15.4. The van der Waals surface area contributed by atoms with E-state index in [0.717, 1.165) is 0 Å². The number of likely N-dealkylation sites (N-methyl/N-ethyl adjacent to an activating group) is 3. The summed E-state index contributed by atoms with van der Waals surface area (Å²) in [5.41, 5.74) is -0.872.